The molecular weight excluding hydrogens is 234 g/mol. The van der Waals surface area contributed by atoms with E-state index in [0.29, 0.717) is 0 Å². The van der Waals surface area contributed by atoms with Gasteiger partial charge in [0.1, 0.15) is 11.8 Å². The van der Waals surface area contributed by atoms with E-state index in [9.17, 15) is 0 Å². The van der Waals surface area contributed by atoms with Crippen molar-refractivity contribution in [1.82, 2.24) is 9.19 Å². The van der Waals surface area contributed by atoms with Gasteiger partial charge in [-0.25, -0.2) is 4.09 Å². The molecule has 1 heterocycles. The standard InChI is InChI=1S/C12H11N3OS/c13-6-9-16-12-5-2-1-4-11(12)10-17-15-8-3-7-14-15/h1-5,7-8H,9-10H2. The highest BCUT2D eigenvalue weighted by molar-refractivity contribution is 7.96. The van der Waals surface area contributed by atoms with Gasteiger partial charge in [-0.05, 0) is 24.1 Å². The van der Waals surface area contributed by atoms with Crippen molar-refractivity contribution in [2.45, 2.75) is 5.75 Å². The van der Waals surface area contributed by atoms with Crippen LogP contribution in [0.25, 0.3) is 0 Å². The second kappa shape index (κ2) is 5.97. The number of benzene rings is 1. The van der Waals surface area contributed by atoms with Crippen LogP contribution in [0.15, 0.2) is 42.7 Å². The van der Waals surface area contributed by atoms with Gasteiger partial charge in [-0.15, -0.1) is 0 Å². The summed E-state index contributed by atoms with van der Waals surface area (Å²) < 4.78 is 7.14. The zero-order valence-electron chi connectivity index (χ0n) is 9.11. The Morgan fingerprint density at radius 2 is 2.24 bits per heavy atom. The van der Waals surface area contributed by atoms with Crippen LogP contribution in [0.2, 0.25) is 0 Å². The minimum absolute atomic E-state index is 0.0729. The van der Waals surface area contributed by atoms with Crippen LogP contribution in [0.3, 0.4) is 0 Å². The smallest absolute Gasteiger partial charge is 0.174 e. The Morgan fingerprint density at radius 1 is 1.35 bits per heavy atom. The van der Waals surface area contributed by atoms with Gasteiger partial charge < -0.3 is 4.74 Å². The molecule has 17 heavy (non-hydrogen) atoms. The van der Waals surface area contributed by atoms with E-state index in [2.05, 4.69) is 5.10 Å². The van der Waals surface area contributed by atoms with Crippen molar-refractivity contribution >= 4 is 11.9 Å². The largest absolute Gasteiger partial charge is 0.478 e. The predicted octanol–water partition coefficient (Wildman–Crippen LogP) is 2.48. The molecule has 5 heteroatoms. The first kappa shape index (κ1) is 11.6. The molecule has 4 nitrogen and oxygen atoms in total. The van der Waals surface area contributed by atoms with Crippen LogP contribution in [0.1, 0.15) is 5.56 Å². The molecule has 2 aromatic rings. The normalized spacial score (nSPS) is 9.82. The van der Waals surface area contributed by atoms with Gasteiger partial charge in [0.25, 0.3) is 0 Å². The van der Waals surface area contributed by atoms with Gasteiger partial charge in [0.15, 0.2) is 6.61 Å². The van der Waals surface area contributed by atoms with E-state index in [4.69, 9.17) is 10.00 Å². The SMILES string of the molecule is N#CCOc1ccccc1CSn1cccn1. The predicted molar refractivity (Wildman–Crippen MR) is 66.5 cm³/mol. The average molecular weight is 245 g/mol. The Bertz CT molecular complexity index is 505. The highest BCUT2D eigenvalue weighted by Crippen LogP contribution is 2.23. The molecule has 1 aromatic carbocycles. The molecule has 0 aliphatic carbocycles. The van der Waals surface area contributed by atoms with Crippen LogP contribution < -0.4 is 4.74 Å². The quantitative estimate of drug-likeness (QED) is 0.812. The molecule has 0 aliphatic rings. The van der Waals surface area contributed by atoms with Gasteiger partial charge in [0.2, 0.25) is 0 Å². The number of ether oxygens (including phenoxy) is 1. The Balaban J connectivity index is 2.02. The lowest BCUT2D eigenvalue weighted by atomic mass is 10.2. The van der Waals surface area contributed by atoms with Crippen molar-refractivity contribution in [2.24, 2.45) is 0 Å². The summed E-state index contributed by atoms with van der Waals surface area (Å²) in [5.74, 6) is 1.51. The van der Waals surface area contributed by atoms with E-state index < -0.39 is 0 Å². The van der Waals surface area contributed by atoms with Crippen molar-refractivity contribution in [3.05, 3.63) is 48.3 Å². The molecule has 2 rings (SSSR count). The first-order chi connectivity index (χ1) is 8.40. The van der Waals surface area contributed by atoms with Gasteiger partial charge in [-0.1, -0.05) is 18.2 Å². The van der Waals surface area contributed by atoms with E-state index in [1.165, 1.54) is 0 Å². The highest BCUT2D eigenvalue weighted by Gasteiger charge is 2.03. The van der Waals surface area contributed by atoms with Crippen LogP contribution in [0.4, 0.5) is 0 Å². The number of hydrogen-bond acceptors (Lipinski definition) is 4. The van der Waals surface area contributed by atoms with Crippen molar-refractivity contribution in [2.75, 3.05) is 6.61 Å². The minimum atomic E-state index is 0.0729. The Hall–Kier alpha value is -1.93. The lowest BCUT2D eigenvalue weighted by Gasteiger charge is -2.08. The van der Waals surface area contributed by atoms with Gasteiger partial charge in [0, 0.05) is 23.7 Å². The molecule has 0 saturated heterocycles. The summed E-state index contributed by atoms with van der Waals surface area (Å²) in [6, 6.07) is 11.6. The van der Waals surface area contributed by atoms with E-state index in [0.717, 1.165) is 17.1 Å². The fraction of sp³-hybridized carbons (Fsp3) is 0.167. The number of nitrogens with zero attached hydrogens (tertiary/aromatic N) is 3. The van der Waals surface area contributed by atoms with E-state index >= 15 is 0 Å². The van der Waals surface area contributed by atoms with E-state index in [1.54, 1.807) is 22.2 Å². The minimum Gasteiger partial charge on any atom is -0.478 e. The van der Waals surface area contributed by atoms with Crippen molar-refractivity contribution in [1.29, 1.82) is 5.26 Å². The maximum atomic E-state index is 8.50. The number of rotatable bonds is 5. The Kier molecular flexibility index (Phi) is 4.05. The molecule has 0 fully saturated rings. The fourth-order valence-electron chi connectivity index (χ4n) is 1.34. The molecule has 0 bridgehead atoms. The van der Waals surface area contributed by atoms with Crippen molar-refractivity contribution in [3.63, 3.8) is 0 Å². The maximum absolute atomic E-state index is 8.50. The van der Waals surface area contributed by atoms with Crippen molar-refractivity contribution < 1.29 is 4.74 Å². The molecule has 0 N–H and O–H groups in total. The van der Waals surface area contributed by atoms with Crippen molar-refractivity contribution in [3.8, 4) is 11.8 Å². The van der Waals surface area contributed by atoms with Crippen LogP contribution in [0.5, 0.6) is 5.75 Å². The molecular formula is C12H11N3OS. The number of aromatic nitrogens is 2. The summed E-state index contributed by atoms with van der Waals surface area (Å²) in [7, 11) is 0. The molecule has 0 amide bonds. The van der Waals surface area contributed by atoms with E-state index in [1.807, 2.05) is 42.6 Å². The zero-order valence-corrected chi connectivity index (χ0v) is 9.93. The Morgan fingerprint density at radius 3 is 3.00 bits per heavy atom. The summed E-state index contributed by atoms with van der Waals surface area (Å²) in [6.07, 6.45) is 3.63. The number of hydrogen-bond donors (Lipinski definition) is 0. The molecule has 0 saturated carbocycles. The third-order valence-electron chi connectivity index (χ3n) is 2.10. The Labute approximate surface area is 104 Å². The zero-order chi connectivity index (χ0) is 11.9. The van der Waals surface area contributed by atoms with Crippen LogP contribution in [-0.4, -0.2) is 15.8 Å². The second-order valence-corrected chi connectivity index (χ2v) is 4.16. The van der Waals surface area contributed by atoms with Gasteiger partial charge in [0.05, 0.1) is 0 Å². The van der Waals surface area contributed by atoms with Gasteiger partial charge in [-0.2, -0.15) is 10.4 Å². The molecule has 0 radical (unpaired) electrons. The molecule has 0 aliphatic heterocycles. The molecule has 86 valence electrons. The summed E-state index contributed by atoms with van der Waals surface area (Å²) in [5, 5.41) is 12.6. The summed E-state index contributed by atoms with van der Waals surface area (Å²) >= 11 is 1.57. The lowest BCUT2D eigenvalue weighted by Crippen LogP contribution is -1.98. The third kappa shape index (κ3) is 3.26. The highest BCUT2D eigenvalue weighted by atomic mass is 32.2. The maximum Gasteiger partial charge on any atom is 0.174 e. The third-order valence-corrected chi connectivity index (χ3v) is 3.02. The van der Waals surface area contributed by atoms with E-state index in [-0.39, 0.29) is 6.61 Å². The van der Waals surface area contributed by atoms with Crippen LogP contribution in [0, 0.1) is 11.3 Å². The monoisotopic (exact) mass is 245 g/mol. The first-order valence-electron chi connectivity index (χ1n) is 5.11. The summed E-state index contributed by atoms with van der Waals surface area (Å²) in [5.41, 5.74) is 1.06. The molecule has 1 aromatic heterocycles. The first-order valence-corrected chi connectivity index (χ1v) is 6.05. The lowest BCUT2D eigenvalue weighted by molar-refractivity contribution is 0.365. The molecule has 0 spiro atoms. The molecule has 0 unspecified atom stereocenters. The van der Waals surface area contributed by atoms with Gasteiger partial charge in [-0.3, -0.25) is 0 Å². The topological polar surface area (TPSA) is 50.8 Å². The number of para-hydroxylation sites is 1. The average Bonchev–Trinajstić information content (AvgIpc) is 2.88. The molecule has 0 atom stereocenters. The van der Waals surface area contributed by atoms with Crippen LogP contribution in [-0.2, 0) is 5.75 Å². The number of nitriles is 1. The second-order valence-electron chi connectivity index (χ2n) is 3.24. The summed E-state index contributed by atoms with van der Waals surface area (Å²) in [4.78, 5) is 0. The van der Waals surface area contributed by atoms with Gasteiger partial charge >= 0.3 is 0 Å². The summed E-state index contributed by atoms with van der Waals surface area (Å²) in [6.45, 7) is 0.0729. The van der Waals surface area contributed by atoms with Crippen LogP contribution >= 0.6 is 11.9 Å². The fourth-order valence-corrected chi connectivity index (χ4v) is 2.13.